The monoisotopic (exact) mass is 206 g/mol. The van der Waals surface area contributed by atoms with E-state index < -0.39 is 0 Å². The largest absolute Gasteiger partial charge is 0.370 e. The highest BCUT2D eigenvalue weighted by Gasteiger charge is 1.96. The summed E-state index contributed by atoms with van der Waals surface area (Å²) in [5.74, 6) is -0.259. The van der Waals surface area contributed by atoms with E-state index in [4.69, 9.17) is 5.73 Å². The second kappa shape index (κ2) is 6.19. The van der Waals surface area contributed by atoms with Gasteiger partial charge in [0, 0.05) is 19.5 Å². The summed E-state index contributed by atoms with van der Waals surface area (Å²) in [7, 11) is 0. The average molecular weight is 206 g/mol. The molecule has 0 fully saturated rings. The van der Waals surface area contributed by atoms with Crippen LogP contribution in [0.3, 0.4) is 0 Å². The molecule has 1 aromatic rings. The molecule has 1 rings (SSSR count). The molecular weight excluding hydrogens is 188 g/mol. The number of nitrogens with one attached hydrogen (secondary N) is 1. The van der Waals surface area contributed by atoms with E-state index in [1.165, 1.54) is 11.1 Å². The van der Waals surface area contributed by atoms with Crippen LogP contribution in [-0.4, -0.2) is 12.5 Å². The zero-order chi connectivity index (χ0) is 11.1. The molecule has 15 heavy (non-hydrogen) atoms. The summed E-state index contributed by atoms with van der Waals surface area (Å²) in [6.45, 7) is 3.58. The average Bonchev–Trinajstić information content (AvgIpc) is 2.24. The van der Waals surface area contributed by atoms with Gasteiger partial charge in [-0.3, -0.25) is 4.79 Å². The maximum absolute atomic E-state index is 10.5. The standard InChI is InChI=1S/C12H18N2O/c1-2-10-4-3-5-11(8-10)9-14-7-6-12(13)15/h3-5,8,14H,2,6-7,9H2,1H3,(H2,13,15). The number of carbonyl (C=O) groups is 1. The predicted molar refractivity (Wildman–Crippen MR) is 61.3 cm³/mol. The summed E-state index contributed by atoms with van der Waals surface area (Å²) in [4.78, 5) is 10.5. The number of hydrogen-bond acceptors (Lipinski definition) is 2. The SMILES string of the molecule is CCc1cccc(CNCCC(N)=O)c1. The molecule has 0 saturated heterocycles. The van der Waals surface area contributed by atoms with E-state index in [1.807, 2.05) is 0 Å². The smallest absolute Gasteiger partial charge is 0.218 e. The van der Waals surface area contributed by atoms with Crippen molar-refractivity contribution in [2.75, 3.05) is 6.54 Å². The molecule has 0 spiro atoms. The van der Waals surface area contributed by atoms with Crippen LogP contribution in [0.5, 0.6) is 0 Å². The summed E-state index contributed by atoms with van der Waals surface area (Å²) in [5, 5.41) is 3.18. The van der Waals surface area contributed by atoms with Gasteiger partial charge in [0.25, 0.3) is 0 Å². The van der Waals surface area contributed by atoms with E-state index in [-0.39, 0.29) is 5.91 Å². The first-order chi connectivity index (χ1) is 7.22. The van der Waals surface area contributed by atoms with E-state index >= 15 is 0 Å². The first kappa shape index (κ1) is 11.7. The first-order valence-corrected chi connectivity index (χ1v) is 5.29. The number of amides is 1. The number of primary amides is 1. The molecule has 0 bridgehead atoms. The van der Waals surface area contributed by atoms with Gasteiger partial charge in [-0.2, -0.15) is 0 Å². The van der Waals surface area contributed by atoms with Crippen LogP contribution in [0.15, 0.2) is 24.3 Å². The zero-order valence-corrected chi connectivity index (χ0v) is 9.12. The highest BCUT2D eigenvalue weighted by Crippen LogP contribution is 2.05. The number of benzene rings is 1. The molecule has 3 heteroatoms. The minimum atomic E-state index is -0.259. The molecule has 0 radical (unpaired) electrons. The van der Waals surface area contributed by atoms with E-state index in [9.17, 15) is 4.79 Å². The highest BCUT2D eigenvalue weighted by molar-refractivity contribution is 5.73. The van der Waals surface area contributed by atoms with Crippen LogP contribution in [0.25, 0.3) is 0 Å². The summed E-state index contributed by atoms with van der Waals surface area (Å²) in [6.07, 6.45) is 1.45. The Morgan fingerprint density at radius 3 is 2.80 bits per heavy atom. The molecule has 0 heterocycles. The molecule has 1 amide bonds. The lowest BCUT2D eigenvalue weighted by Crippen LogP contribution is -2.21. The van der Waals surface area contributed by atoms with Crippen molar-refractivity contribution in [2.45, 2.75) is 26.3 Å². The highest BCUT2D eigenvalue weighted by atomic mass is 16.1. The van der Waals surface area contributed by atoms with Gasteiger partial charge in [0.15, 0.2) is 0 Å². The first-order valence-electron chi connectivity index (χ1n) is 5.29. The van der Waals surface area contributed by atoms with Crippen LogP contribution in [0, 0.1) is 0 Å². The van der Waals surface area contributed by atoms with Crippen molar-refractivity contribution in [3.63, 3.8) is 0 Å². The van der Waals surface area contributed by atoms with E-state index in [0.717, 1.165) is 13.0 Å². The van der Waals surface area contributed by atoms with E-state index in [2.05, 4.69) is 36.5 Å². The van der Waals surface area contributed by atoms with Gasteiger partial charge in [0.05, 0.1) is 0 Å². The summed E-state index contributed by atoms with van der Waals surface area (Å²) >= 11 is 0. The third-order valence-electron chi connectivity index (χ3n) is 2.28. The number of hydrogen-bond donors (Lipinski definition) is 2. The Morgan fingerprint density at radius 1 is 1.40 bits per heavy atom. The molecule has 3 nitrogen and oxygen atoms in total. The molecule has 1 aromatic carbocycles. The maximum atomic E-state index is 10.5. The Bertz CT molecular complexity index is 323. The molecular formula is C12H18N2O. The molecule has 0 aliphatic heterocycles. The second-order valence-corrected chi connectivity index (χ2v) is 3.57. The van der Waals surface area contributed by atoms with Crippen LogP contribution >= 0.6 is 0 Å². The van der Waals surface area contributed by atoms with Crippen molar-refractivity contribution >= 4 is 5.91 Å². The Morgan fingerprint density at radius 2 is 2.13 bits per heavy atom. The Labute approximate surface area is 90.7 Å². The molecule has 0 aromatic heterocycles. The number of aryl methyl sites for hydroxylation is 1. The molecule has 82 valence electrons. The second-order valence-electron chi connectivity index (χ2n) is 3.57. The lowest BCUT2D eigenvalue weighted by molar-refractivity contribution is -0.117. The van der Waals surface area contributed by atoms with Crippen molar-refractivity contribution in [1.82, 2.24) is 5.32 Å². The fraction of sp³-hybridized carbons (Fsp3) is 0.417. The Hall–Kier alpha value is -1.35. The summed E-state index contributed by atoms with van der Waals surface area (Å²) < 4.78 is 0. The minimum absolute atomic E-state index is 0.259. The lowest BCUT2D eigenvalue weighted by Gasteiger charge is -2.05. The Balaban J connectivity index is 2.33. The van der Waals surface area contributed by atoms with Crippen molar-refractivity contribution in [1.29, 1.82) is 0 Å². The minimum Gasteiger partial charge on any atom is -0.370 e. The molecule has 0 aliphatic rings. The number of nitrogens with two attached hydrogens (primary N) is 1. The molecule has 3 N–H and O–H groups in total. The van der Waals surface area contributed by atoms with Crippen LogP contribution in [0.1, 0.15) is 24.5 Å². The van der Waals surface area contributed by atoms with Gasteiger partial charge < -0.3 is 11.1 Å². The number of carbonyl (C=O) groups excluding carboxylic acids is 1. The molecule has 0 atom stereocenters. The van der Waals surface area contributed by atoms with Gasteiger partial charge in [-0.25, -0.2) is 0 Å². The predicted octanol–water partition coefficient (Wildman–Crippen LogP) is 1.21. The van der Waals surface area contributed by atoms with E-state index in [0.29, 0.717) is 13.0 Å². The quantitative estimate of drug-likeness (QED) is 0.687. The van der Waals surface area contributed by atoms with Crippen molar-refractivity contribution in [2.24, 2.45) is 5.73 Å². The van der Waals surface area contributed by atoms with Gasteiger partial charge in [0.1, 0.15) is 0 Å². The molecule has 0 aliphatic carbocycles. The van der Waals surface area contributed by atoms with Crippen LogP contribution in [0.2, 0.25) is 0 Å². The zero-order valence-electron chi connectivity index (χ0n) is 9.12. The maximum Gasteiger partial charge on any atom is 0.218 e. The van der Waals surface area contributed by atoms with Gasteiger partial charge in [0.2, 0.25) is 5.91 Å². The third-order valence-corrected chi connectivity index (χ3v) is 2.28. The van der Waals surface area contributed by atoms with Gasteiger partial charge in [-0.15, -0.1) is 0 Å². The normalized spacial score (nSPS) is 10.2. The van der Waals surface area contributed by atoms with Gasteiger partial charge in [-0.1, -0.05) is 31.2 Å². The van der Waals surface area contributed by atoms with Crippen LogP contribution in [0.4, 0.5) is 0 Å². The van der Waals surface area contributed by atoms with Crippen molar-refractivity contribution in [3.8, 4) is 0 Å². The summed E-state index contributed by atoms with van der Waals surface area (Å²) in [6, 6.07) is 8.44. The fourth-order valence-electron chi connectivity index (χ4n) is 1.40. The van der Waals surface area contributed by atoms with Crippen LogP contribution < -0.4 is 11.1 Å². The fourth-order valence-corrected chi connectivity index (χ4v) is 1.40. The third kappa shape index (κ3) is 4.61. The van der Waals surface area contributed by atoms with Crippen LogP contribution in [-0.2, 0) is 17.8 Å². The number of rotatable bonds is 6. The van der Waals surface area contributed by atoms with Gasteiger partial charge >= 0.3 is 0 Å². The Kier molecular flexibility index (Phi) is 4.84. The van der Waals surface area contributed by atoms with E-state index in [1.54, 1.807) is 0 Å². The molecule has 0 saturated carbocycles. The molecule has 0 unspecified atom stereocenters. The van der Waals surface area contributed by atoms with Gasteiger partial charge in [-0.05, 0) is 17.5 Å². The summed E-state index contributed by atoms with van der Waals surface area (Å²) in [5.41, 5.74) is 7.62. The van der Waals surface area contributed by atoms with Crippen molar-refractivity contribution in [3.05, 3.63) is 35.4 Å². The topological polar surface area (TPSA) is 55.1 Å². The lowest BCUT2D eigenvalue weighted by atomic mass is 10.1. The van der Waals surface area contributed by atoms with Crippen molar-refractivity contribution < 1.29 is 4.79 Å².